The van der Waals surface area contributed by atoms with Crippen LogP contribution in [0, 0.1) is 0 Å². The molecule has 5 rings (SSSR count). The first-order valence-corrected chi connectivity index (χ1v) is 14.1. The lowest BCUT2D eigenvalue weighted by atomic mass is 10.1. The van der Waals surface area contributed by atoms with Gasteiger partial charge in [-0.15, -0.1) is 0 Å². The summed E-state index contributed by atoms with van der Waals surface area (Å²) in [5.74, 6) is 1.59. The SMILES string of the molecule is CCOP(=O)(Cc1ccc(-c2nc3cc(Cl)ccc3c(=O)n2/N=C/c2ccc3c(c2)OCO3)cc1)OCC. The van der Waals surface area contributed by atoms with Crippen LogP contribution in [0.25, 0.3) is 22.3 Å². The summed E-state index contributed by atoms with van der Waals surface area (Å²) in [5, 5.41) is 5.33. The van der Waals surface area contributed by atoms with Crippen LogP contribution in [0.15, 0.2) is 70.6 Å². The molecule has 0 saturated carbocycles. The Hall–Kier alpha value is -3.49. The molecule has 1 aliphatic heterocycles. The van der Waals surface area contributed by atoms with Crippen molar-refractivity contribution in [2.75, 3.05) is 20.0 Å². The van der Waals surface area contributed by atoms with E-state index in [1.54, 1.807) is 74.7 Å². The smallest absolute Gasteiger partial charge is 0.335 e. The molecule has 2 heterocycles. The molecule has 0 unspecified atom stereocenters. The topological polar surface area (TPSA) is 101 Å². The van der Waals surface area contributed by atoms with Gasteiger partial charge in [-0.1, -0.05) is 35.9 Å². The van der Waals surface area contributed by atoms with Crippen molar-refractivity contribution >= 4 is 36.3 Å². The van der Waals surface area contributed by atoms with Gasteiger partial charge in [-0.3, -0.25) is 9.36 Å². The van der Waals surface area contributed by atoms with E-state index in [0.29, 0.717) is 38.8 Å². The molecule has 196 valence electrons. The van der Waals surface area contributed by atoms with Gasteiger partial charge in [0.05, 0.1) is 36.5 Å². The maximum absolute atomic E-state index is 13.5. The van der Waals surface area contributed by atoms with Crippen molar-refractivity contribution in [1.82, 2.24) is 9.66 Å². The third-order valence-corrected chi connectivity index (χ3v) is 8.06. The minimum atomic E-state index is -3.26. The van der Waals surface area contributed by atoms with Crippen LogP contribution in [-0.2, 0) is 19.8 Å². The minimum absolute atomic E-state index is 0.130. The quantitative estimate of drug-likeness (QED) is 0.182. The molecule has 0 spiro atoms. The molecule has 1 aromatic heterocycles. The van der Waals surface area contributed by atoms with Gasteiger partial charge in [0.25, 0.3) is 5.56 Å². The number of fused-ring (bicyclic) bond motifs is 2. The van der Waals surface area contributed by atoms with Crippen LogP contribution in [-0.4, -0.2) is 35.9 Å². The number of aromatic nitrogens is 2. The van der Waals surface area contributed by atoms with E-state index in [9.17, 15) is 9.36 Å². The first-order valence-electron chi connectivity index (χ1n) is 12.0. The molecule has 9 nitrogen and oxygen atoms in total. The highest BCUT2D eigenvalue weighted by Crippen LogP contribution is 2.51. The molecule has 0 fully saturated rings. The summed E-state index contributed by atoms with van der Waals surface area (Å²) >= 11 is 6.18. The van der Waals surface area contributed by atoms with Gasteiger partial charge in [-0.25, -0.2) is 4.98 Å². The fourth-order valence-corrected chi connectivity index (χ4v) is 5.93. The molecule has 0 bridgehead atoms. The summed E-state index contributed by atoms with van der Waals surface area (Å²) in [7, 11) is -3.26. The highest BCUT2D eigenvalue weighted by molar-refractivity contribution is 7.53. The standard InChI is InChI=1S/C27H25ClN3O6P/c1-3-36-38(33,37-4-2)16-18-5-8-20(9-6-18)26-30-23-14-21(28)10-11-22(23)27(32)31(26)29-15-19-7-12-24-25(13-19)35-17-34-24/h5-15H,3-4,16-17H2,1-2H3/b29-15+. The van der Waals surface area contributed by atoms with Gasteiger partial charge >= 0.3 is 7.60 Å². The Bertz CT molecular complexity index is 1610. The van der Waals surface area contributed by atoms with E-state index in [1.807, 2.05) is 6.07 Å². The maximum Gasteiger partial charge on any atom is 0.335 e. The zero-order valence-electron chi connectivity index (χ0n) is 20.8. The monoisotopic (exact) mass is 553 g/mol. The van der Waals surface area contributed by atoms with Crippen molar-refractivity contribution in [3.8, 4) is 22.9 Å². The lowest BCUT2D eigenvalue weighted by molar-refractivity contribution is 0.174. The molecule has 0 N–H and O–H groups in total. The predicted octanol–water partition coefficient (Wildman–Crippen LogP) is 6.09. The molecule has 0 saturated heterocycles. The van der Waals surface area contributed by atoms with Crippen LogP contribution in [0.2, 0.25) is 5.02 Å². The number of rotatable bonds is 9. The fourth-order valence-electron chi connectivity index (χ4n) is 4.07. The van der Waals surface area contributed by atoms with Gasteiger partial charge in [-0.05, 0) is 61.4 Å². The zero-order chi connectivity index (χ0) is 26.7. The first-order chi connectivity index (χ1) is 18.4. The van der Waals surface area contributed by atoms with Crippen molar-refractivity contribution < 1.29 is 23.1 Å². The Labute approximate surface area is 224 Å². The van der Waals surface area contributed by atoms with Crippen LogP contribution in [0.5, 0.6) is 11.5 Å². The molecule has 0 amide bonds. The van der Waals surface area contributed by atoms with Crippen molar-refractivity contribution in [2.45, 2.75) is 20.0 Å². The Morgan fingerprint density at radius 1 is 1.03 bits per heavy atom. The van der Waals surface area contributed by atoms with E-state index in [0.717, 1.165) is 11.1 Å². The molecule has 0 atom stereocenters. The number of hydrogen-bond donors (Lipinski definition) is 0. The van der Waals surface area contributed by atoms with Gasteiger partial charge < -0.3 is 18.5 Å². The lowest BCUT2D eigenvalue weighted by Crippen LogP contribution is -2.20. The highest BCUT2D eigenvalue weighted by Gasteiger charge is 2.24. The van der Waals surface area contributed by atoms with Crippen LogP contribution in [0.4, 0.5) is 0 Å². The predicted molar refractivity (Wildman–Crippen MR) is 147 cm³/mol. The largest absolute Gasteiger partial charge is 0.454 e. The average molecular weight is 554 g/mol. The summed E-state index contributed by atoms with van der Waals surface area (Å²) in [4.78, 5) is 18.2. The van der Waals surface area contributed by atoms with Crippen molar-refractivity contribution in [3.05, 3.63) is 87.2 Å². The lowest BCUT2D eigenvalue weighted by Gasteiger charge is -2.17. The van der Waals surface area contributed by atoms with E-state index in [2.05, 4.69) is 5.10 Å². The van der Waals surface area contributed by atoms with E-state index < -0.39 is 7.60 Å². The maximum atomic E-state index is 13.5. The third kappa shape index (κ3) is 5.51. The Morgan fingerprint density at radius 3 is 2.50 bits per heavy atom. The summed E-state index contributed by atoms with van der Waals surface area (Å²) in [6.07, 6.45) is 1.69. The molecule has 3 aromatic carbocycles. The number of halogens is 1. The second-order valence-electron chi connectivity index (χ2n) is 8.37. The van der Waals surface area contributed by atoms with E-state index in [-0.39, 0.29) is 31.7 Å². The molecule has 0 radical (unpaired) electrons. The number of nitrogens with zero attached hydrogens (tertiary/aromatic N) is 3. The Kier molecular flexibility index (Phi) is 7.63. The van der Waals surface area contributed by atoms with Crippen LogP contribution < -0.4 is 15.0 Å². The Morgan fingerprint density at radius 2 is 1.76 bits per heavy atom. The van der Waals surface area contributed by atoms with Gasteiger partial charge in [-0.2, -0.15) is 9.78 Å². The van der Waals surface area contributed by atoms with Crippen molar-refractivity contribution in [2.24, 2.45) is 5.10 Å². The summed E-state index contributed by atoms with van der Waals surface area (Å²) < 4.78 is 35.8. The molecule has 0 aliphatic carbocycles. The third-order valence-electron chi connectivity index (χ3n) is 5.77. The van der Waals surface area contributed by atoms with Gasteiger partial charge in [0.2, 0.25) is 6.79 Å². The van der Waals surface area contributed by atoms with Crippen molar-refractivity contribution in [1.29, 1.82) is 0 Å². The van der Waals surface area contributed by atoms with E-state index >= 15 is 0 Å². The van der Waals surface area contributed by atoms with E-state index in [4.69, 9.17) is 35.1 Å². The summed E-state index contributed by atoms with van der Waals surface area (Å²) in [6.45, 7) is 4.28. The van der Waals surface area contributed by atoms with E-state index in [1.165, 1.54) is 4.68 Å². The van der Waals surface area contributed by atoms with Gasteiger partial charge in [0.15, 0.2) is 17.3 Å². The molecular formula is C27H25ClN3O6P. The van der Waals surface area contributed by atoms with Crippen LogP contribution in [0.1, 0.15) is 25.0 Å². The minimum Gasteiger partial charge on any atom is -0.454 e. The first kappa shape index (κ1) is 26.1. The summed E-state index contributed by atoms with van der Waals surface area (Å²) in [6, 6.07) is 17.5. The molecule has 1 aliphatic rings. The molecule has 4 aromatic rings. The average Bonchev–Trinajstić information content (AvgIpc) is 3.36. The van der Waals surface area contributed by atoms with Crippen LogP contribution in [0.3, 0.4) is 0 Å². The fraction of sp³-hybridized carbons (Fsp3) is 0.222. The molecular weight excluding hydrogens is 529 g/mol. The molecule has 38 heavy (non-hydrogen) atoms. The number of ether oxygens (including phenoxy) is 2. The number of hydrogen-bond acceptors (Lipinski definition) is 8. The second kappa shape index (κ2) is 11.1. The zero-order valence-corrected chi connectivity index (χ0v) is 22.4. The van der Waals surface area contributed by atoms with Crippen molar-refractivity contribution in [3.63, 3.8) is 0 Å². The summed E-state index contributed by atoms with van der Waals surface area (Å²) in [5.41, 5.74) is 2.23. The van der Waals surface area contributed by atoms with Gasteiger partial charge in [0, 0.05) is 10.6 Å². The molecule has 11 heteroatoms. The van der Waals surface area contributed by atoms with Crippen LogP contribution >= 0.6 is 19.2 Å². The normalized spacial score (nSPS) is 13.0. The number of benzene rings is 3. The second-order valence-corrected chi connectivity index (χ2v) is 10.9. The Balaban J connectivity index is 1.55. The van der Waals surface area contributed by atoms with Gasteiger partial charge in [0.1, 0.15) is 0 Å². The highest BCUT2D eigenvalue weighted by atomic mass is 35.5.